The number of hydrogen-bond acceptors (Lipinski definition) is 6. The molecule has 0 saturated carbocycles. The summed E-state index contributed by atoms with van der Waals surface area (Å²) in [7, 11) is 0. The van der Waals surface area contributed by atoms with Crippen molar-refractivity contribution in [1.29, 1.82) is 5.26 Å². The topological polar surface area (TPSA) is 79.8 Å². The van der Waals surface area contributed by atoms with Crippen LogP contribution in [0.2, 0.25) is 10.0 Å². The first-order valence-corrected chi connectivity index (χ1v) is 9.60. The molecule has 3 aromatic heterocycles. The first kappa shape index (κ1) is 18.4. The van der Waals surface area contributed by atoms with E-state index in [-0.39, 0.29) is 16.2 Å². The van der Waals surface area contributed by atoms with Crippen LogP contribution >= 0.6 is 34.5 Å². The van der Waals surface area contributed by atoms with Crippen molar-refractivity contribution < 1.29 is 4.42 Å². The van der Waals surface area contributed by atoms with Gasteiger partial charge in [-0.1, -0.05) is 29.3 Å². The van der Waals surface area contributed by atoms with E-state index in [9.17, 15) is 10.1 Å². The first-order valence-electron chi connectivity index (χ1n) is 7.96. The van der Waals surface area contributed by atoms with E-state index in [2.05, 4.69) is 16.0 Å². The van der Waals surface area contributed by atoms with Crippen molar-refractivity contribution in [1.82, 2.24) is 9.97 Å². The Balaban J connectivity index is 1.79. The third-order valence-electron chi connectivity index (χ3n) is 3.88. The number of hydrogen-bond donors (Lipinski definition) is 0. The Morgan fingerprint density at radius 2 is 2.14 bits per heavy atom. The summed E-state index contributed by atoms with van der Waals surface area (Å²) in [5.41, 5.74) is 1.55. The highest BCUT2D eigenvalue weighted by Crippen LogP contribution is 2.31. The van der Waals surface area contributed by atoms with Gasteiger partial charge in [-0.15, -0.1) is 11.3 Å². The van der Waals surface area contributed by atoms with Crippen LogP contribution in [0.3, 0.4) is 0 Å². The third-order valence-corrected chi connectivity index (χ3v) is 5.25. The molecule has 0 aliphatic carbocycles. The third kappa shape index (κ3) is 3.56. The summed E-state index contributed by atoms with van der Waals surface area (Å²) in [4.78, 5) is 20.9. The predicted octanol–water partition coefficient (Wildman–Crippen LogP) is 5.68. The van der Waals surface area contributed by atoms with Crippen LogP contribution in [0.5, 0.6) is 0 Å². The van der Waals surface area contributed by atoms with Crippen molar-refractivity contribution in [3.8, 4) is 17.3 Å². The highest BCUT2D eigenvalue weighted by Gasteiger charge is 2.15. The highest BCUT2D eigenvalue weighted by molar-refractivity contribution is 7.11. The summed E-state index contributed by atoms with van der Waals surface area (Å²) < 4.78 is 5.36. The van der Waals surface area contributed by atoms with Gasteiger partial charge in [-0.05, 0) is 35.9 Å². The van der Waals surface area contributed by atoms with Crippen molar-refractivity contribution in [2.24, 2.45) is 0 Å². The van der Waals surface area contributed by atoms with E-state index in [4.69, 9.17) is 27.6 Å². The number of rotatable bonds is 3. The number of pyridine rings is 1. The molecule has 8 heteroatoms. The van der Waals surface area contributed by atoms with Crippen molar-refractivity contribution in [2.45, 2.75) is 0 Å². The van der Waals surface area contributed by atoms with Gasteiger partial charge in [0.05, 0.1) is 21.9 Å². The molecule has 0 saturated heterocycles. The normalized spacial score (nSPS) is 11.5. The summed E-state index contributed by atoms with van der Waals surface area (Å²) >= 11 is 13.4. The van der Waals surface area contributed by atoms with E-state index in [1.807, 2.05) is 6.07 Å². The molecule has 0 aliphatic rings. The Labute approximate surface area is 173 Å². The van der Waals surface area contributed by atoms with Crippen molar-refractivity contribution >= 4 is 57.2 Å². The fourth-order valence-corrected chi connectivity index (χ4v) is 3.96. The predicted molar refractivity (Wildman–Crippen MR) is 111 cm³/mol. The van der Waals surface area contributed by atoms with E-state index in [0.717, 1.165) is 5.56 Å². The van der Waals surface area contributed by atoms with Gasteiger partial charge < -0.3 is 4.42 Å². The lowest BCUT2D eigenvalue weighted by Gasteiger charge is -2.02. The molecule has 0 amide bonds. The minimum Gasteiger partial charge on any atom is -0.421 e. The maximum absolute atomic E-state index is 12.4. The Morgan fingerprint density at radius 1 is 1.29 bits per heavy atom. The maximum Gasteiger partial charge on any atom is 0.345 e. The Hall–Kier alpha value is -2.98. The number of nitriles is 1. The standard InChI is InChI=1S/C20H9Cl2N3O2S/c21-14-5-12-6-15(20(26)27-18(12)16(22)7-14)17-10-28-19(25-17)13(8-23)4-11-2-1-3-24-9-11/h1-7,9-10H. The SMILES string of the molecule is N#CC(=Cc1cccnc1)c1nc(-c2cc3cc(Cl)cc(Cl)c3oc2=O)cs1. The molecule has 28 heavy (non-hydrogen) atoms. The summed E-state index contributed by atoms with van der Waals surface area (Å²) in [6.45, 7) is 0. The number of fused-ring (bicyclic) bond motifs is 1. The molecule has 0 fully saturated rings. The molecule has 136 valence electrons. The number of halogens is 2. The summed E-state index contributed by atoms with van der Waals surface area (Å²) in [6, 6.07) is 10.6. The zero-order chi connectivity index (χ0) is 19.7. The molecule has 4 aromatic rings. The number of aromatic nitrogens is 2. The average molecular weight is 426 g/mol. The van der Waals surface area contributed by atoms with Crippen molar-refractivity contribution in [2.75, 3.05) is 0 Å². The van der Waals surface area contributed by atoms with Gasteiger partial charge in [0.1, 0.15) is 11.1 Å². The molecule has 5 nitrogen and oxygen atoms in total. The molecule has 0 spiro atoms. The second-order valence-electron chi connectivity index (χ2n) is 5.75. The number of allylic oxidation sites excluding steroid dienone is 1. The Bertz CT molecular complexity index is 1320. The average Bonchev–Trinajstić information content (AvgIpc) is 3.17. The molecule has 0 unspecified atom stereocenters. The molecule has 0 bridgehead atoms. The van der Waals surface area contributed by atoms with E-state index < -0.39 is 5.63 Å². The molecule has 3 heterocycles. The maximum atomic E-state index is 12.4. The molecular formula is C20H9Cl2N3O2S. The zero-order valence-electron chi connectivity index (χ0n) is 14.0. The van der Waals surface area contributed by atoms with E-state index in [1.54, 1.807) is 42.0 Å². The summed E-state index contributed by atoms with van der Waals surface area (Å²) in [6.07, 6.45) is 5.00. The smallest absolute Gasteiger partial charge is 0.345 e. The van der Waals surface area contributed by atoms with Crippen LogP contribution in [0, 0.1) is 11.3 Å². The molecular weight excluding hydrogens is 417 g/mol. The van der Waals surface area contributed by atoms with E-state index in [0.29, 0.717) is 26.7 Å². The summed E-state index contributed by atoms with van der Waals surface area (Å²) in [5.74, 6) is 0. The highest BCUT2D eigenvalue weighted by atomic mass is 35.5. The van der Waals surface area contributed by atoms with Crippen LogP contribution in [0.4, 0.5) is 0 Å². The van der Waals surface area contributed by atoms with Gasteiger partial charge in [0.15, 0.2) is 5.58 Å². The second-order valence-corrected chi connectivity index (χ2v) is 7.45. The van der Waals surface area contributed by atoms with Gasteiger partial charge in [-0.25, -0.2) is 9.78 Å². The lowest BCUT2D eigenvalue weighted by molar-refractivity contribution is 0.563. The largest absolute Gasteiger partial charge is 0.421 e. The lowest BCUT2D eigenvalue weighted by atomic mass is 10.1. The molecule has 4 rings (SSSR count). The first-order chi connectivity index (χ1) is 13.5. The lowest BCUT2D eigenvalue weighted by Crippen LogP contribution is -2.03. The van der Waals surface area contributed by atoms with Gasteiger partial charge in [0.25, 0.3) is 0 Å². The van der Waals surface area contributed by atoms with Crippen LogP contribution < -0.4 is 5.63 Å². The number of benzene rings is 1. The Morgan fingerprint density at radius 3 is 2.89 bits per heavy atom. The number of nitrogens with zero attached hydrogens (tertiary/aromatic N) is 3. The van der Waals surface area contributed by atoms with E-state index in [1.165, 1.54) is 17.4 Å². The molecule has 0 N–H and O–H groups in total. The summed E-state index contributed by atoms with van der Waals surface area (Å²) in [5, 5.41) is 13.0. The van der Waals surface area contributed by atoms with Crippen molar-refractivity contribution in [3.63, 3.8) is 0 Å². The quantitative estimate of drug-likeness (QED) is 0.311. The van der Waals surface area contributed by atoms with Crippen LogP contribution in [0.15, 0.2) is 57.3 Å². The number of thiazole rings is 1. The molecule has 0 atom stereocenters. The molecule has 0 radical (unpaired) electrons. The van der Waals surface area contributed by atoms with Gasteiger partial charge >= 0.3 is 5.63 Å². The van der Waals surface area contributed by atoms with Crippen molar-refractivity contribution in [3.05, 3.63) is 79.1 Å². The monoisotopic (exact) mass is 425 g/mol. The van der Waals surface area contributed by atoms with Crippen LogP contribution in [0.25, 0.3) is 33.9 Å². The molecule has 0 aliphatic heterocycles. The van der Waals surface area contributed by atoms with Gasteiger partial charge in [0.2, 0.25) is 0 Å². The second kappa shape index (κ2) is 7.56. The van der Waals surface area contributed by atoms with Crippen LogP contribution in [-0.4, -0.2) is 9.97 Å². The van der Waals surface area contributed by atoms with Gasteiger partial charge in [0, 0.05) is 28.2 Å². The van der Waals surface area contributed by atoms with Crippen LogP contribution in [0.1, 0.15) is 10.6 Å². The Kier molecular flexibility index (Phi) is 4.97. The minimum atomic E-state index is -0.566. The fraction of sp³-hybridized carbons (Fsp3) is 0. The minimum absolute atomic E-state index is 0.260. The van der Waals surface area contributed by atoms with Gasteiger partial charge in [-0.2, -0.15) is 5.26 Å². The zero-order valence-corrected chi connectivity index (χ0v) is 16.3. The van der Waals surface area contributed by atoms with Crippen LogP contribution in [-0.2, 0) is 0 Å². The van der Waals surface area contributed by atoms with E-state index >= 15 is 0 Å². The van der Waals surface area contributed by atoms with Gasteiger partial charge in [-0.3, -0.25) is 4.98 Å². The molecule has 1 aromatic carbocycles. The fourth-order valence-electron chi connectivity index (χ4n) is 2.63.